The number of benzene rings is 2. The van der Waals surface area contributed by atoms with Gasteiger partial charge in [-0.3, -0.25) is 9.59 Å². The molecule has 2 aromatic rings. The zero-order valence-electron chi connectivity index (χ0n) is 15.5. The number of rotatable bonds is 8. The second-order valence-electron chi connectivity index (χ2n) is 6.49. The Bertz CT molecular complexity index is 725. The summed E-state index contributed by atoms with van der Waals surface area (Å²) < 4.78 is 0. The highest BCUT2D eigenvalue weighted by atomic mass is 32.2. The summed E-state index contributed by atoms with van der Waals surface area (Å²) in [6.45, 7) is 6.48. The number of carbonyl (C=O) groups is 2. The number of carbonyl (C=O) groups excluding carboxylic acids is 2. The number of nitrogens with one attached hydrogen (secondary N) is 2. The van der Waals surface area contributed by atoms with E-state index in [1.54, 1.807) is 0 Å². The molecule has 2 rings (SSSR count). The second-order valence-corrected chi connectivity index (χ2v) is 7.54. The topological polar surface area (TPSA) is 58.2 Å². The van der Waals surface area contributed by atoms with Crippen LogP contribution in [0.15, 0.2) is 53.4 Å². The standard InChI is InChI=1S/C21H26N2O2S/c1-15(2)18-6-4-17(5-7-18)12-13-22-21(25)14-26-20-10-8-19(9-11-20)23-16(3)24/h4-11,15H,12-14H2,1-3H3,(H,22,25)(H,23,24). The molecule has 0 saturated carbocycles. The summed E-state index contributed by atoms with van der Waals surface area (Å²) in [6.07, 6.45) is 0.834. The van der Waals surface area contributed by atoms with Crippen LogP contribution in [0.4, 0.5) is 5.69 Å². The molecule has 0 aliphatic rings. The van der Waals surface area contributed by atoms with E-state index in [-0.39, 0.29) is 11.8 Å². The monoisotopic (exact) mass is 370 g/mol. The van der Waals surface area contributed by atoms with Gasteiger partial charge in [0.1, 0.15) is 0 Å². The van der Waals surface area contributed by atoms with Crippen molar-refractivity contribution in [3.63, 3.8) is 0 Å². The minimum absolute atomic E-state index is 0.0275. The van der Waals surface area contributed by atoms with E-state index in [1.165, 1.54) is 29.8 Å². The molecule has 4 nitrogen and oxygen atoms in total. The van der Waals surface area contributed by atoms with Gasteiger partial charge in [0.25, 0.3) is 0 Å². The highest BCUT2D eigenvalue weighted by Gasteiger charge is 2.04. The maximum absolute atomic E-state index is 12.0. The summed E-state index contributed by atoms with van der Waals surface area (Å²) in [7, 11) is 0. The molecule has 0 bridgehead atoms. The minimum Gasteiger partial charge on any atom is -0.355 e. The number of hydrogen-bond acceptors (Lipinski definition) is 3. The summed E-state index contributed by atoms with van der Waals surface area (Å²) >= 11 is 1.48. The van der Waals surface area contributed by atoms with Crippen molar-refractivity contribution < 1.29 is 9.59 Å². The average Bonchev–Trinajstić information content (AvgIpc) is 2.61. The fourth-order valence-electron chi connectivity index (χ4n) is 2.45. The molecule has 0 atom stereocenters. The lowest BCUT2D eigenvalue weighted by atomic mass is 10.0. The van der Waals surface area contributed by atoms with Crippen LogP contribution < -0.4 is 10.6 Å². The Hall–Kier alpha value is -2.27. The molecule has 0 saturated heterocycles. The third kappa shape index (κ3) is 6.92. The number of thioether (sulfide) groups is 1. The smallest absolute Gasteiger partial charge is 0.230 e. The van der Waals surface area contributed by atoms with Gasteiger partial charge in [0.2, 0.25) is 11.8 Å². The Morgan fingerprint density at radius 1 is 1.00 bits per heavy atom. The predicted octanol–water partition coefficient (Wildman–Crippen LogP) is 4.22. The van der Waals surface area contributed by atoms with E-state index in [9.17, 15) is 9.59 Å². The van der Waals surface area contributed by atoms with Gasteiger partial charge in [-0.25, -0.2) is 0 Å². The Kier molecular flexibility index (Phi) is 7.73. The number of amides is 2. The highest BCUT2D eigenvalue weighted by Crippen LogP contribution is 2.20. The number of anilines is 1. The molecule has 138 valence electrons. The lowest BCUT2D eigenvalue weighted by Gasteiger charge is -2.08. The van der Waals surface area contributed by atoms with Crippen molar-refractivity contribution in [1.82, 2.24) is 5.32 Å². The van der Waals surface area contributed by atoms with Crippen LogP contribution in [-0.2, 0) is 16.0 Å². The van der Waals surface area contributed by atoms with Gasteiger partial charge in [0.05, 0.1) is 5.75 Å². The Morgan fingerprint density at radius 2 is 1.65 bits per heavy atom. The van der Waals surface area contributed by atoms with Crippen LogP contribution in [0, 0.1) is 0 Å². The van der Waals surface area contributed by atoms with E-state index in [0.717, 1.165) is 17.0 Å². The summed E-state index contributed by atoms with van der Waals surface area (Å²) in [5, 5.41) is 5.68. The van der Waals surface area contributed by atoms with Crippen molar-refractivity contribution in [2.24, 2.45) is 0 Å². The largest absolute Gasteiger partial charge is 0.355 e. The van der Waals surface area contributed by atoms with Gasteiger partial charge in [0.15, 0.2) is 0 Å². The fraction of sp³-hybridized carbons (Fsp3) is 0.333. The van der Waals surface area contributed by atoms with E-state index >= 15 is 0 Å². The molecule has 2 aromatic carbocycles. The van der Waals surface area contributed by atoms with E-state index in [0.29, 0.717) is 18.2 Å². The van der Waals surface area contributed by atoms with Gasteiger partial charge >= 0.3 is 0 Å². The van der Waals surface area contributed by atoms with E-state index in [2.05, 4.69) is 48.7 Å². The van der Waals surface area contributed by atoms with Crippen LogP contribution >= 0.6 is 11.8 Å². The third-order valence-electron chi connectivity index (χ3n) is 3.93. The van der Waals surface area contributed by atoms with Gasteiger partial charge < -0.3 is 10.6 Å². The minimum atomic E-state index is -0.0939. The Balaban J connectivity index is 1.69. The number of hydrogen-bond donors (Lipinski definition) is 2. The van der Waals surface area contributed by atoms with Crippen LogP contribution in [0.2, 0.25) is 0 Å². The molecule has 26 heavy (non-hydrogen) atoms. The molecular formula is C21H26N2O2S. The van der Waals surface area contributed by atoms with Crippen LogP contribution in [0.25, 0.3) is 0 Å². The van der Waals surface area contributed by atoms with Gasteiger partial charge in [-0.2, -0.15) is 0 Å². The molecule has 2 N–H and O–H groups in total. The second kappa shape index (κ2) is 10.0. The van der Waals surface area contributed by atoms with E-state index < -0.39 is 0 Å². The van der Waals surface area contributed by atoms with Crippen LogP contribution in [0.5, 0.6) is 0 Å². The van der Waals surface area contributed by atoms with Crippen molar-refractivity contribution >= 4 is 29.3 Å². The van der Waals surface area contributed by atoms with Crippen molar-refractivity contribution in [1.29, 1.82) is 0 Å². The molecule has 0 radical (unpaired) electrons. The lowest BCUT2D eigenvalue weighted by molar-refractivity contribution is -0.118. The van der Waals surface area contributed by atoms with Crippen molar-refractivity contribution in [2.75, 3.05) is 17.6 Å². The first-order chi connectivity index (χ1) is 12.4. The highest BCUT2D eigenvalue weighted by molar-refractivity contribution is 8.00. The lowest BCUT2D eigenvalue weighted by Crippen LogP contribution is -2.27. The molecule has 0 aliphatic carbocycles. The Morgan fingerprint density at radius 3 is 2.23 bits per heavy atom. The Labute approximate surface area is 159 Å². The first-order valence-electron chi connectivity index (χ1n) is 8.80. The molecule has 0 fully saturated rings. The zero-order chi connectivity index (χ0) is 18.9. The first-order valence-corrected chi connectivity index (χ1v) is 9.78. The molecular weight excluding hydrogens is 344 g/mol. The van der Waals surface area contributed by atoms with Crippen LogP contribution in [0.1, 0.15) is 37.8 Å². The fourth-order valence-corrected chi connectivity index (χ4v) is 3.18. The third-order valence-corrected chi connectivity index (χ3v) is 4.94. The van der Waals surface area contributed by atoms with Crippen molar-refractivity contribution in [3.05, 3.63) is 59.7 Å². The molecule has 0 aromatic heterocycles. The van der Waals surface area contributed by atoms with Gasteiger partial charge in [-0.15, -0.1) is 11.8 Å². The van der Waals surface area contributed by atoms with E-state index in [4.69, 9.17) is 0 Å². The molecule has 0 spiro atoms. The van der Waals surface area contributed by atoms with Gasteiger partial charge in [-0.1, -0.05) is 38.1 Å². The normalized spacial score (nSPS) is 10.6. The first kappa shape index (κ1) is 20.0. The molecule has 0 heterocycles. The quantitative estimate of drug-likeness (QED) is 0.684. The van der Waals surface area contributed by atoms with Crippen LogP contribution in [0.3, 0.4) is 0 Å². The SMILES string of the molecule is CC(=O)Nc1ccc(SCC(=O)NCCc2ccc(C(C)C)cc2)cc1. The molecule has 5 heteroatoms. The summed E-state index contributed by atoms with van der Waals surface area (Å²) in [4.78, 5) is 24.0. The molecule has 2 amide bonds. The maximum Gasteiger partial charge on any atom is 0.230 e. The van der Waals surface area contributed by atoms with Crippen LogP contribution in [-0.4, -0.2) is 24.1 Å². The maximum atomic E-state index is 12.0. The molecule has 0 unspecified atom stereocenters. The summed E-state index contributed by atoms with van der Waals surface area (Å²) in [5.41, 5.74) is 3.32. The summed E-state index contributed by atoms with van der Waals surface area (Å²) in [5.74, 6) is 0.850. The van der Waals surface area contributed by atoms with Crippen molar-refractivity contribution in [2.45, 2.75) is 38.0 Å². The van der Waals surface area contributed by atoms with Gasteiger partial charge in [0, 0.05) is 24.1 Å². The summed E-state index contributed by atoms with van der Waals surface area (Å²) in [6, 6.07) is 16.0. The predicted molar refractivity (Wildman–Crippen MR) is 109 cm³/mol. The average molecular weight is 371 g/mol. The zero-order valence-corrected chi connectivity index (χ0v) is 16.4. The molecule has 0 aliphatic heterocycles. The van der Waals surface area contributed by atoms with Gasteiger partial charge in [-0.05, 0) is 47.7 Å². The van der Waals surface area contributed by atoms with Crippen molar-refractivity contribution in [3.8, 4) is 0 Å². The van der Waals surface area contributed by atoms with E-state index in [1.807, 2.05) is 24.3 Å².